The molecule has 2 aromatic rings. The van der Waals surface area contributed by atoms with Crippen molar-refractivity contribution in [3.05, 3.63) is 53.6 Å². The van der Waals surface area contributed by atoms with Crippen LogP contribution in [-0.2, 0) is 18.4 Å². The summed E-state index contributed by atoms with van der Waals surface area (Å²) in [7, 11) is 3.77. The second-order valence-electron chi connectivity index (χ2n) is 7.19. The van der Waals surface area contributed by atoms with Crippen molar-refractivity contribution in [3.8, 4) is 0 Å². The van der Waals surface area contributed by atoms with Crippen LogP contribution in [0.15, 0.2) is 36.5 Å². The number of piperidine rings is 1. The minimum atomic E-state index is -0.270. The van der Waals surface area contributed by atoms with Crippen LogP contribution in [0.4, 0.5) is 4.39 Å². The van der Waals surface area contributed by atoms with Crippen molar-refractivity contribution >= 4 is 5.91 Å². The molecule has 3 rings (SSSR count). The van der Waals surface area contributed by atoms with Crippen molar-refractivity contribution in [2.75, 3.05) is 20.1 Å². The first-order valence-corrected chi connectivity index (χ1v) is 9.17. The Bertz CT molecular complexity index is 752. The zero-order valence-corrected chi connectivity index (χ0v) is 15.7. The van der Waals surface area contributed by atoms with Gasteiger partial charge in [-0.3, -0.25) is 14.4 Å². The molecule has 0 aliphatic carbocycles. The summed E-state index contributed by atoms with van der Waals surface area (Å²) in [6.07, 6.45) is 3.91. The summed E-state index contributed by atoms with van der Waals surface area (Å²) in [5.74, 6) is 0.313. The summed E-state index contributed by atoms with van der Waals surface area (Å²) < 4.78 is 15.3. The van der Waals surface area contributed by atoms with Crippen LogP contribution in [0.1, 0.15) is 36.9 Å². The van der Waals surface area contributed by atoms with E-state index in [9.17, 15) is 9.18 Å². The summed E-state index contributed by atoms with van der Waals surface area (Å²) in [5.41, 5.74) is 2.08. The highest BCUT2D eigenvalue weighted by molar-refractivity contribution is 5.81. The Morgan fingerprint density at radius 3 is 2.69 bits per heavy atom. The number of likely N-dealkylation sites (N-methyl/N-ethyl adjacent to an activating group) is 1. The highest BCUT2D eigenvalue weighted by Gasteiger charge is 2.29. The van der Waals surface area contributed by atoms with Crippen LogP contribution in [-0.4, -0.2) is 51.7 Å². The van der Waals surface area contributed by atoms with E-state index in [0.717, 1.165) is 31.5 Å². The number of amides is 1. The number of carbonyl (C=O) groups excluding carboxylic acids is 1. The van der Waals surface area contributed by atoms with Crippen LogP contribution in [0, 0.1) is 5.82 Å². The Hall–Kier alpha value is -2.21. The molecule has 1 aromatic heterocycles. The average Bonchev–Trinajstić information content (AvgIpc) is 3.06. The Kier molecular flexibility index (Phi) is 5.71. The van der Waals surface area contributed by atoms with Gasteiger partial charge in [-0.15, -0.1) is 0 Å². The largest absolute Gasteiger partial charge is 0.340 e. The van der Waals surface area contributed by atoms with E-state index in [1.165, 1.54) is 17.8 Å². The number of hydrogen-bond donors (Lipinski definition) is 0. The maximum atomic E-state index is 13.3. The minimum absolute atomic E-state index is 0.0771. The highest BCUT2D eigenvalue weighted by atomic mass is 19.1. The molecule has 0 N–H and O–H groups in total. The van der Waals surface area contributed by atoms with Crippen molar-refractivity contribution in [1.82, 2.24) is 19.6 Å². The van der Waals surface area contributed by atoms with Gasteiger partial charge in [-0.25, -0.2) is 4.39 Å². The quantitative estimate of drug-likeness (QED) is 0.825. The molecular weight excluding hydrogens is 331 g/mol. The van der Waals surface area contributed by atoms with Gasteiger partial charge < -0.3 is 4.90 Å². The Morgan fingerprint density at radius 2 is 2.08 bits per heavy atom. The number of hydrogen-bond acceptors (Lipinski definition) is 3. The number of rotatable bonds is 5. The van der Waals surface area contributed by atoms with E-state index in [1.807, 2.05) is 30.9 Å². The number of aryl methyl sites for hydroxylation is 1. The van der Waals surface area contributed by atoms with Gasteiger partial charge in [0.2, 0.25) is 5.91 Å². The van der Waals surface area contributed by atoms with E-state index >= 15 is 0 Å². The molecule has 2 heterocycles. The number of nitrogens with zero attached hydrogens (tertiary/aromatic N) is 4. The number of halogens is 1. The van der Waals surface area contributed by atoms with Gasteiger partial charge >= 0.3 is 0 Å². The maximum absolute atomic E-state index is 13.3. The molecule has 1 aromatic carbocycles. The Labute approximate surface area is 154 Å². The van der Waals surface area contributed by atoms with Crippen LogP contribution in [0.3, 0.4) is 0 Å². The fourth-order valence-corrected chi connectivity index (χ4v) is 3.83. The van der Waals surface area contributed by atoms with E-state index in [1.54, 1.807) is 18.0 Å². The topological polar surface area (TPSA) is 41.4 Å². The molecule has 1 fully saturated rings. The fourth-order valence-electron chi connectivity index (χ4n) is 3.83. The summed E-state index contributed by atoms with van der Waals surface area (Å²) in [5, 5.41) is 4.26. The van der Waals surface area contributed by atoms with E-state index in [0.29, 0.717) is 12.5 Å². The first-order chi connectivity index (χ1) is 12.5. The molecule has 0 radical (unpaired) electrons. The van der Waals surface area contributed by atoms with Gasteiger partial charge in [0, 0.05) is 38.4 Å². The Balaban J connectivity index is 1.55. The predicted molar refractivity (Wildman–Crippen MR) is 99.1 cm³/mol. The molecule has 1 aliphatic heterocycles. The molecule has 140 valence electrons. The van der Waals surface area contributed by atoms with Crippen LogP contribution in [0.25, 0.3) is 0 Å². The van der Waals surface area contributed by atoms with Crippen LogP contribution >= 0.6 is 0 Å². The van der Waals surface area contributed by atoms with Crippen molar-refractivity contribution in [3.63, 3.8) is 0 Å². The van der Waals surface area contributed by atoms with Crippen LogP contribution in [0.2, 0.25) is 0 Å². The van der Waals surface area contributed by atoms with Crippen molar-refractivity contribution in [2.45, 2.75) is 38.3 Å². The Morgan fingerprint density at radius 1 is 1.35 bits per heavy atom. The molecule has 0 saturated carbocycles. The SMILES string of the molecule is CC(C(=O)N(C)Cc1cccc(F)c1)N1CCC(c2ccnn2C)CC1. The molecule has 1 amide bonds. The lowest BCUT2D eigenvalue weighted by Gasteiger charge is -2.36. The smallest absolute Gasteiger partial charge is 0.239 e. The van der Waals surface area contributed by atoms with Crippen LogP contribution in [0.5, 0.6) is 0 Å². The lowest BCUT2D eigenvalue weighted by Crippen LogP contribution is -2.48. The number of likely N-dealkylation sites (tertiary alicyclic amines) is 1. The average molecular weight is 358 g/mol. The molecule has 1 unspecified atom stereocenters. The molecule has 0 bridgehead atoms. The van der Waals surface area contributed by atoms with Crippen molar-refractivity contribution in [2.24, 2.45) is 7.05 Å². The molecule has 26 heavy (non-hydrogen) atoms. The van der Waals surface area contributed by atoms with Crippen molar-refractivity contribution < 1.29 is 9.18 Å². The summed E-state index contributed by atoms with van der Waals surface area (Å²) in [6, 6.07) is 8.34. The van der Waals surface area contributed by atoms with Gasteiger partial charge in [-0.2, -0.15) is 5.10 Å². The molecular formula is C20H27FN4O. The minimum Gasteiger partial charge on any atom is -0.340 e. The second-order valence-corrected chi connectivity index (χ2v) is 7.19. The molecule has 1 atom stereocenters. The van der Waals surface area contributed by atoms with Gasteiger partial charge in [-0.05, 0) is 56.6 Å². The molecule has 1 saturated heterocycles. The lowest BCUT2D eigenvalue weighted by atomic mass is 9.92. The fraction of sp³-hybridized carbons (Fsp3) is 0.500. The predicted octanol–water partition coefficient (Wildman–Crippen LogP) is 2.79. The zero-order chi connectivity index (χ0) is 18.7. The van der Waals surface area contributed by atoms with E-state index in [4.69, 9.17) is 0 Å². The molecule has 5 nitrogen and oxygen atoms in total. The number of benzene rings is 1. The van der Waals surface area contributed by atoms with Crippen LogP contribution < -0.4 is 0 Å². The van der Waals surface area contributed by atoms with E-state index in [-0.39, 0.29) is 17.8 Å². The van der Waals surface area contributed by atoms with Gasteiger partial charge in [0.05, 0.1) is 6.04 Å². The second kappa shape index (κ2) is 7.99. The summed E-state index contributed by atoms with van der Waals surface area (Å²) in [4.78, 5) is 16.7. The highest BCUT2D eigenvalue weighted by Crippen LogP contribution is 2.28. The standard InChI is InChI=1S/C20H27FN4O/c1-15(20(26)23(2)14-16-5-4-6-18(21)13-16)25-11-8-17(9-12-25)19-7-10-22-24(19)3/h4-7,10,13,15,17H,8-9,11-12,14H2,1-3H3. The van der Waals surface area contributed by atoms with Gasteiger partial charge in [0.1, 0.15) is 5.82 Å². The summed E-state index contributed by atoms with van der Waals surface area (Å²) >= 11 is 0. The number of carbonyl (C=O) groups is 1. The zero-order valence-electron chi connectivity index (χ0n) is 15.7. The lowest BCUT2D eigenvalue weighted by molar-refractivity contribution is -0.136. The normalized spacial score (nSPS) is 17.2. The van der Waals surface area contributed by atoms with Crippen molar-refractivity contribution in [1.29, 1.82) is 0 Å². The summed E-state index contributed by atoms with van der Waals surface area (Å²) in [6.45, 7) is 4.19. The molecule has 0 spiro atoms. The van der Waals surface area contributed by atoms with Gasteiger partial charge in [0.15, 0.2) is 0 Å². The third-order valence-corrected chi connectivity index (χ3v) is 5.40. The van der Waals surface area contributed by atoms with Gasteiger partial charge in [0.25, 0.3) is 0 Å². The molecule has 1 aliphatic rings. The first-order valence-electron chi connectivity index (χ1n) is 9.17. The first kappa shape index (κ1) is 18.6. The third-order valence-electron chi connectivity index (χ3n) is 5.40. The van der Waals surface area contributed by atoms with Gasteiger partial charge in [-0.1, -0.05) is 12.1 Å². The van der Waals surface area contributed by atoms with E-state index < -0.39 is 0 Å². The number of aromatic nitrogens is 2. The maximum Gasteiger partial charge on any atom is 0.239 e. The molecule has 6 heteroatoms. The monoisotopic (exact) mass is 358 g/mol. The third kappa shape index (κ3) is 4.12. The van der Waals surface area contributed by atoms with E-state index in [2.05, 4.69) is 16.1 Å².